The molecule has 0 aliphatic heterocycles. The zero-order valence-electron chi connectivity index (χ0n) is 8.85. The molecule has 0 aromatic heterocycles. The van der Waals surface area contributed by atoms with Gasteiger partial charge in [-0.05, 0) is 12.8 Å². The smallest absolute Gasteiger partial charge is 0.252 e. The van der Waals surface area contributed by atoms with Gasteiger partial charge in [0.25, 0.3) is 11.8 Å². The van der Waals surface area contributed by atoms with Gasteiger partial charge in [0, 0.05) is 12.8 Å². The molecule has 0 saturated heterocycles. The number of hydrogen-bond acceptors (Lipinski definition) is 8. The second-order valence-corrected chi connectivity index (χ2v) is 2.99. The molecule has 0 spiro atoms. The van der Waals surface area contributed by atoms with Gasteiger partial charge in [-0.25, -0.2) is 11.7 Å². The van der Waals surface area contributed by atoms with Crippen molar-refractivity contribution in [3.63, 3.8) is 0 Å². The van der Waals surface area contributed by atoms with Crippen LogP contribution < -0.4 is 34.4 Å². The number of amides is 2. The number of unbranched alkanes of at least 4 members (excludes halogenated alkanes) is 1. The number of hydrogen-bond donors (Lipinski definition) is 6. The van der Waals surface area contributed by atoms with E-state index in [0.717, 1.165) is 0 Å². The van der Waals surface area contributed by atoms with Crippen molar-refractivity contribution in [1.29, 1.82) is 0 Å². The third-order valence-corrected chi connectivity index (χ3v) is 1.85. The summed E-state index contributed by atoms with van der Waals surface area (Å²) in [6.07, 6.45) is 1.37. The van der Waals surface area contributed by atoms with Crippen molar-refractivity contribution in [3.05, 3.63) is 0 Å². The molecular weight excluding hydrogens is 216 g/mol. The summed E-state index contributed by atoms with van der Waals surface area (Å²) in [6.45, 7) is 0. The fraction of sp³-hybridized carbons (Fsp3) is 0.667. The van der Waals surface area contributed by atoms with Gasteiger partial charge in [-0.2, -0.15) is 21.3 Å². The van der Waals surface area contributed by atoms with E-state index in [1.807, 2.05) is 11.1 Å². The Morgan fingerprint density at radius 2 is 1.19 bits per heavy atom. The highest BCUT2D eigenvalue weighted by Crippen LogP contribution is 2.01. The maximum Gasteiger partial charge on any atom is 0.252 e. The van der Waals surface area contributed by atoms with Crippen molar-refractivity contribution in [2.24, 2.45) is 23.4 Å². The van der Waals surface area contributed by atoms with E-state index >= 15 is 0 Å². The van der Waals surface area contributed by atoms with Gasteiger partial charge in [0.15, 0.2) is 0 Å². The Morgan fingerprint density at radius 1 is 0.875 bits per heavy atom. The number of rotatable bonds is 7. The van der Waals surface area contributed by atoms with E-state index in [1.54, 1.807) is 0 Å². The average molecular weight is 234 g/mol. The van der Waals surface area contributed by atoms with E-state index < -0.39 is 0 Å². The molecule has 0 rings (SSSR count). The Kier molecular flexibility index (Phi) is 7.28. The van der Waals surface area contributed by atoms with Gasteiger partial charge >= 0.3 is 0 Å². The van der Waals surface area contributed by atoms with Crippen LogP contribution >= 0.6 is 0 Å². The van der Waals surface area contributed by atoms with Crippen LogP contribution in [0.5, 0.6) is 0 Å². The van der Waals surface area contributed by atoms with E-state index in [2.05, 4.69) is 0 Å². The molecule has 16 heavy (non-hydrogen) atoms. The summed E-state index contributed by atoms with van der Waals surface area (Å²) in [7, 11) is 0. The molecule has 0 aromatic rings. The topological polar surface area (TPSA) is 169 Å². The Bertz CT molecular complexity index is 211. The number of carbonyl (C=O) groups excluding carboxylic acids is 2. The van der Waals surface area contributed by atoms with Crippen LogP contribution in [0.4, 0.5) is 0 Å². The van der Waals surface area contributed by atoms with Crippen molar-refractivity contribution in [2.45, 2.75) is 25.7 Å². The molecule has 10 nitrogen and oxygen atoms in total. The molecule has 0 atom stereocenters. The highest BCUT2D eigenvalue weighted by Gasteiger charge is 2.10. The van der Waals surface area contributed by atoms with Crippen LogP contribution in [0.25, 0.3) is 0 Å². The predicted molar refractivity (Wildman–Crippen MR) is 55.2 cm³/mol. The molecule has 10 N–H and O–H groups in total. The first-order valence-corrected chi connectivity index (χ1v) is 4.60. The molecule has 94 valence electrons. The molecule has 0 aliphatic carbocycles. The zero-order valence-corrected chi connectivity index (χ0v) is 8.85. The molecule has 0 bridgehead atoms. The lowest BCUT2D eigenvalue weighted by atomic mass is 10.2. The lowest BCUT2D eigenvalue weighted by Gasteiger charge is -2.14. The molecule has 2 amide bonds. The van der Waals surface area contributed by atoms with Crippen LogP contribution in [0.15, 0.2) is 0 Å². The third-order valence-electron chi connectivity index (χ3n) is 1.85. The molecule has 0 fully saturated rings. The van der Waals surface area contributed by atoms with Crippen molar-refractivity contribution < 1.29 is 9.59 Å². The Balaban J connectivity index is 3.61. The van der Waals surface area contributed by atoms with Crippen LogP contribution in [-0.2, 0) is 9.59 Å². The maximum absolute atomic E-state index is 11.1. The first-order valence-electron chi connectivity index (χ1n) is 4.60. The van der Waals surface area contributed by atoms with Crippen LogP contribution in [-0.4, -0.2) is 22.1 Å². The van der Waals surface area contributed by atoms with E-state index in [0.29, 0.717) is 23.1 Å². The fourth-order valence-electron chi connectivity index (χ4n) is 0.937. The number of carbonyl (C=O) groups is 2. The second kappa shape index (κ2) is 7.92. The van der Waals surface area contributed by atoms with Gasteiger partial charge in [-0.15, -0.1) is 0 Å². The van der Waals surface area contributed by atoms with E-state index in [9.17, 15) is 9.59 Å². The van der Waals surface area contributed by atoms with Gasteiger partial charge in [0.05, 0.1) is 0 Å². The molecule has 0 aromatic carbocycles. The van der Waals surface area contributed by atoms with Gasteiger partial charge in [0.1, 0.15) is 0 Å². The lowest BCUT2D eigenvalue weighted by Crippen LogP contribution is -2.51. The second-order valence-electron chi connectivity index (χ2n) is 2.99. The molecule has 10 heteroatoms. The van der Waals surface area contributed by atoms with Gasteiger partial charge in [-0.3, -0.25) is 21.3 Å². The zero-order chi connectivity index (χ0) is 12.6. The van der Waals surface area contributed by atoms with E-state index in [4.69, 9.17) is 23.4 Å². The summed E-state index contributed by atoms with van der Waals surface area (Å²) < 4.78 is 0. The highest BCUT2D eigenvalue weighted by atomic mass is 16.2. The molecule has 0 heterocycles. The van der Waals surface area contributed by atoms with Crippen molar-refractivity contribution >= 4 is 11.8 Å². The first kappa shape index (κ1) is 14.7. The van der Waals surface area contributed by atoms with Crippen molar-refractivity contribution in [3.8, 4) is 0 Å². The Labute approximate surface area is 92.7 Å². The van der Waals surface area contributed by atoms with E-state index in [-0.39, 0.29) is 24.7 Å². The summed E-state index contributed by atoms with van der Waals surface area (Å²) in [4.78, 5) is 22.2. The fourth-order valence-corrected chi connectivity index (χ4v) is 0.937. The summed E-state index contributed by atoms with van der Waals surface area (Å²) >= 11 is 0. The van der Waals surface area contributed by atoms with Gasteiger partial charge in [-0.1, -0.05) is 0 Å². The van der Waals surface area contributed by atoms with E-state index in [1.165, 1.54) is 0 Å². The Hall–Kier alpha value is -1.30. The van der Waals surface area contributed by atoms with Crippen molar-refractivity contribution in [2.75, 3.05) is 0 Å². The highest BCUT2D eigenvalue weighted by molar-refractivity contribution is 5.76. The number of nitrogens with two attached hydrogens (primary N) is 4. The molecule has 0 radical (unpaired) electrons. The van der Waals surface area contributed by atoms with Gasteiger partial charge in [0.2, 0.25) is 0 Å². The summed E-state index contributed by atoms with van der Waals surface area (Å²) in [5.74, 6) is 19.4. The number of hydrazine groups is 6. The van der Waals surface area contributed by atoms with Crippen LogP contribution in [0.2, 0.25) is 0 Å². The molecule has 0 saturated carbocycles. The number of nitrogens with one attached hydrogen (secondary N) is 2. The lowest BCUT2D eigenvalue weighted by molar-refractivity contribution is -0.136. The molecule has 0 unspecified atom stereocenters. The molecular formula is C6H18N8O2. The van der Waals surface area contributed by atoms with Crippen LogP contribution in [0.3, 0.4) is 0 Å². The largest absolute Gasteiger partial charge is 0.272 e. The van der Waals surface area contributed by atoms with Gasteiger partial charge < -0.3 is 0 Å². The monoisotopic (exact) mass is 234 g/mol. The summed E-state index contributed by atoms with van der Waals surface area (Å²) in [5, 5.41) is 1.36. The molecule has 0 aliphatic rings. The Morgan fingerprint density at radius 3 is 1.44 bits per heavy atom. The van der Waals surface area contributed by atoms with Crippen molar-refractivity contribution in [1.82, 2.24) is 21.3 Å². The third kappa shape index (κ3) is 5.55. The maximum atomic E-state index is 11.1. The van der Waals surface area contributed by atoms with Crippen LogP contribution in [0, 0.1) is 0 Å². The summed E-state index contributed by atoms with van der Waals surface area (Å²) in [5.41, 5.74) is 3.96. The van der Waals surface area contributed by atoms with Crippen LogP contribution in [0.1, 0.15) is 25.7 Å². The minimum Gasteiger partial charge on any atom is -0.272 e. The minimum atomic E-state index is -0.364. The SMILES string of the molecule is NNN(N)C(=O)CCCCC(=O)N(N)NN. The average Bonchev–Trinajstić information content (AvgIpc) is 2.31. The first-order chi connectivity index (χ1) is 7.52. The summed E-state index contributed by atoms with van der Waals surface area (Å²) in [6, 6.07) is 0. The quantitative estimate of drug-likeness (QED) is 0.115. The normalized spacial score (nSPS) is 10.0. The predicted octanol–water partition coefficient (Wildman–Crippen LogP) is -3.29. The minimum absolute atomic E-state index is 0.189. The standard InChI is InChI=1S/C6H18N8O2/c7-11-13(9)5(15)3-1-2-4-6(16)14(10)12-8/h11-12H,1-4,7-10H2. The number of nitrogens with zero attached hydrogens (tertiary/aromatic N) is 2.